The number of nitro groups is 1. The van der Waals surface area contributed by atoms with Crippen molar-refractivity contribution in [3.05, 3.63) is 57.6 Å². The highest BCUT2D eigenvalue weighted by Gasteiger charge is 2.16. The lowest BCUT2D eigenvalue weighted by atomic mass is 10.1. The summed E-state index contributed by atoms with van der Waals surface area (Å²) in [5, 5.41) is 16.5. The van der Waals surface area contributed by atoms with Crippen LogP contribution in [0.25, 0.3) is 0 Å². The van der Waals surface area contributed by atoms with E-state index in [0.29, 0.717) is 30.2 Å². The maximum absolute atomic E-state index is 12.4. The Kier molecular flexibility index (Phi) is 4.69. The van der Waals surface area contributed by atoms with Crippen LogP contribution >= 0.6 is 0 Å². The summed E-state index contributed by atoms with van der Waals surface area (Å²) < 4.78 is 10.6. The van der Waals surface area contributed by atoms with Crippen molar-refractivity contribution < 1.29 is 19.2 Å². The maximum atomic E-state index is 12.4. The molecule has 2 aromatic carbocycles. The number of nitro benzene ring substituents is 1. The highest BCUT2D eigenvalue weighted by molar-refractivity contribution is 6.00. The zero-order chi connectivity index (χ0) is 17.8. The number of hydrogen-bond acceptors (Lipinski definition) is 6. The smallest absolute Gasteiger partial charge is 0.270 e. The number of carbonyl (C=O) groups is 1. The molecular weight excluding hydrogens is 326 g/mol. The van der Waals surface area contributed by atoms with E-state index in [0.717, 1.165) is 5.56 Å². The van der Waals surface area contributed by atoms with Crippen molar-refractivity contribution in [2.45, 2.75) is 6.42 Å². The van der Waals surface area contributed by atoms with Crippen LogP contribution in [-0.4, -0.2) is 31.2 Å². The van der Waals surface area contributed by atoms with E-state index in [2.05, 4.69) is 10.6 Å². The Labute approximate surface area is 143 Å². The minimum absolute atomic E-state index is 0.125. The second kappa shape index (κ2) is 7.08. The molecule has 25 heavy (non-hydrogen) atoms. The van der Waals surface area contributed by atoms with Crippen molar-refractivity contribution in [3.8, 4) is 11.5 Å². The number of ether oxygens (including phenoxy) is 2. The molecule has 0 saturated carbocycles. The first kappa shape index (κ1) is 16.6. The molecule has 8 heteroatoms. The number of carbonyl (C=O) groups excluding carboxylic acids is 1. The quantitative estimate of drug-likeness (QED) is 0.616. The molecule has 1 amide bonds. The van der Waals surface area contributed by atoms with Crippen molar-refractivity contribution >= 4 is 17.3 Å². The molecule has 2 N–H and O–H groups in total. The van der Waals surface area contributed by atoms with Crippen molar-refractivity contribution in [2.24, 2.45) is 0 Å². The van der Waals surface area contributed by atoms with Crippen LogP contribution in [0.5, 0.6) is 11.5 Å². The van der Waals surface area contributed by atoms with Crippen LogP contribution in [0.1, 0.15) is 15.9 Å². The van der Waals surface area contributed by atoms with Crippen LogP contribution in [0.4, 0.5) is 11.4 Å². The summed E-state index contributed by atoms with van der Waals surface area (Å²) >= 11 is 0. The number of non-ortho nitro benzene ring substituents is 1. The van der Waals surface area contributed by atoms with Crippen molar-refractivity contribution in [2.75, 3.05) is 25.7 Å². The van der Waals surface area contributed by atoms with Crippen LogP contribution < -0.4 is 20.1 Å². The van der Waals surface area contributed by atoms with Gasteiger partial charge >= 0.3 is 0 Å². The van der Waals surface area contributed by atoms with E-state index in [4.69, 9.17) is 9.47 Å². The van der Waals surface area contributed by atoms with Gasteiger partial charge in [-0.3, -0.25) is 14.9 Å². The molecule has 0 bridgehead atoms. The molecule has 0 aliphatic carbocycles. The fourth-order valence-corrected chi connectivity index (χ4v) is 2.56. The molecule has 0 fully saturated rings. The highest BCUT2D eigenvalue weighted by Crippen LogP contribution is 2.32. The van der Waals surface area contributed by atoms with Gasteiger partial charge in [0.2, 0.25) is 6.79 Å². The first-order chi connectivity index (χ1) is 12.1. The molecule has 2 aromatic rings. The number of anilines is 1. The monoisotopic (exact) mass is 343 g/mol. The SMILES string of the molecule is CNc1ccc([N+](=O)[O-])cc1C(=O)NCCc1ccc2c(c1)OCO2. The van der Waals surface area contributed by atoms with E-state index in [1.54, 1.807) is 7.05 Å². The Morgan fingerprint density at radius 2 is 2.00 bits per heavy atom. The second-order valence-electron chi connectivity index (χ2n) is 5.43. The molecule has 8 nitrogen and oxygen atoms in total. The molecular formula is C17H17N3O5. The highest BCUT2D eigenvalue weighted by atomic mass is 16.7. The molecule has 1 aliphatic heterocycles. The summed E-state index contributed by atoms with van der Waals surface area (Å²) in [5.74, 6) is 1.04. The molecule has 0 atom stereocenters. The van der Waals surface area contributed by atoms with Gasteiger partial charge in [-0.25, -0.2) is 0 Å². The summed E-state index contributed by atoms with van der Waals surface area (Å²) in [5.41, 5.74) is 1.64. The Morgan fingerprint density at radius 1 is 1.20 bits per heavy atom. The standard InChI is InChI=1S/C17H17N3O5/c1-18-14-4-3-12(20(22)23)9-13(14)17(21)19-7-6-11-2-5-15-16(8-11)25-10-24-15/h2-5,8-9,18H,6-7,10H2,1H3,(H,19,21). The number of benzene rings is 2. The molecule has 1 heterocycles. The lowest BCUT2D eigenvalue weighted by Crippen LogP contribution is -2.26. The van der Waals surface area contributed by atoms with Gasteiger partial charge in [-0.1, -0.05) is 6.07 Å². The summed E-state index contributed by atoms with van der Waals surface area (Å²) in [6.07, 6.45) is 0.603. The van der Waals surface area contributed by atoms with E-state index >= 15 is 0 Å². The fraction of sp³-hybridized carbons (Fsp3) is 0.235. The minimum atomic E-state index is -0.525. The average Bonchev–Trinajstić information content (AvgIpc) is 3.08. The predicted molar refractivity (Wildman–Crippen MR) is 91.2 cm³/mol. The molecule has 0 aromatic heterocycles. The molecule has 0 spiro atoms. The number of fused-ring (bicyclic) bond motifs is 1. The van der Waals surface area contributed by atoms with Gasteiger partial charge in [0.15, 0.2) is 11.5 Å². The number of rotatable bonds is 6. The van der Waals surface area contributed by atoms with Crippen LogP contribution in [0.15, 0.2) is 36.4 Å². The van der Waals surface area contributed by atoms with Crippen molar-refractivity contribution in [3.63, 3.8) is 0 Å². The Balaban J connectivity index is 1.64. The first-order valence-electron chi connectivity index (χ1n) is 7.71. The lowest BCUT2D eigenvalue weighted by molar-refractivity contribution is -0.384. The third kappa shape index (κ3) is 3.63. The van der Waals surface area contributed by atoms with Gasteiger partial charge in [0.05, 0.1) is 10.5 Å². The minimum Gasteiger partial charge on any atom is -0.454 e. The van der Waals surface area contributed by atoms with Gasteiger partial charge in [-0.2, -0.15) is 0 Å². The first-order valence-corrected chi connectivity index (χ1v) is 7.71. The van der Waals surface area contributed by atoms with Gasteiger partial charge in [0.1, 0.15) is 0 Å². The van der Waals surface area contributed by atoms with Gasteiger partial charge in [0, 0.05) is 31.4 Å². The molecule has 3 rings (SSSR count). The van der Waals surface area contributed by atoms with Crippen LogP contribution in [0.3, 0.4) is 0 Å². The molecule has 130 valence electrons. The Morgan fingerprint density at radius 3 is 2.76 bits per heavy atom. The number of nitrogens with one attached hydrogen (secondary N) is 2. The van der Waals surface area contributed by atoms with E-state index < -0.39 is 4.92 Å². The van der Waals surface area contributed by atoms with Gasteiger partial charge in [0.25, 0.3) is 11.6 Å². The maximum Gasteiger partial charge on any atom is 0.270 e. The van der Waals surface area contributed by atoms with Gasteiger partial charge in [-0.15, -0.1) is 0 Å². The fourth-order valence-electron chi connectivity index (χ4n) is 2.56. The summed E-state index contributed by atoms with van der Waals surface area (Å²) in [7, 11) is 1.66. The summed E-state index contributed by atoms with van der Waals surface area (Å²) in [6, 6.07) is 9.76. The summed E-state index contributed by atoms with van der Waals surface area (Å²) in [4.78, 5) is 22.7. The van der Waals surface area contributed by atoms with E-state index in [1.165, 1.54) is 18.2 Å². The topological polar surface area (TPSA) is 103 Å². The number of nitrogens with zero attached hydrogens (tertiary/aromatic N) is 1. The molecule has 0 saturated heterocycles. The van der Waals surface area contributed by atoms with Crippen LogP contribution in [0.2, 0.25) is 0 Å². The summed E-state index contributed by atoms with van der Waals surface area (Å²) in [6.45, 7) is 0.611. The molecule has 0 unspecified atom stereocenters. The number of amides is 1. The Hall–Kier alpha value is -3.29. The molecule has 1 aliphatic rings. The van der Waals surface area contributed by atoms with Crippen molar-refractivity contribution in [1.29, 1.82) is 0 Å². The van der Waals surface area contributed by atoms with Gasteiger partial charge in [-0.05, 0) is 30.2 Å². The third-order valence-electron chi connectivity index (χ3n) is 3.86. The van der Waals surface area contributed by atoms with Gasteiger partial charge < -0.3 is 20.1 Å². The van der Waals surface area contributed by atoms with E-state index in [1.807, 2.05) is 18.2 Å². The van der Waals surface area contributed by atoms with E-state index in [-0.39, 0.29) is 24.0 Å². The van der Waals surface area contributed by atoms with E-state index in [9.17, 15) is 14.9 Å². The lowest BCUT2D eigenvalue weighted by Gasteiger charge is -2.10. The Bertz CT molecular complexity index is 822. The predicted octanol–water partition coefficient (Wildman–Crippen LogP) is 2.34. The second-order valence-corrected chi connectivity index (χ2v) is 5.43. The normalized spacial score (nSPS) is 11.9. The van der Waals surface area contributed by atoms with Crippen LogP contribution in [-0.2, 0) is 6.42 Å². The largest absolute Gasteiger partial charge is 0.454 e. The zero-order valence-corrected chi connectivity index (χ0v) is 13.6. The molecule has 0 radical (unpaired) electrons. The average molecular weight is 343 g/mol. The number of hydrogen-bond donors (Lipinski definition) is 2. The zero-order valence-electron chi connectivity index (χ0n) is 13.6. The van der Waals surface area contributed by atoms with Crippen molar-refractivity contribution in [1.82, 2.24) is 5.32 Å². The third-order valence-corrected chi connectivity index (χ3v) is 3.86. The van der Waals surface area contributed by atoms with Crippen LogP contribution in [0, 0.1) is 10.1 Å².